The van der Waals surface area contributed by atoms with Crippen molar-refractivity contribution in [2.24, 2.45) is 0 Å². The van der Waals surface area contributed by atoms with Gasteiger partial charge >= 0.3 is 0 Å². The largest absolute Gasteiger partial charge is 0.378 e. The minimum absolute atomic E-state index is 0.237. The molecule has 0 N–H and O–H groups in total. The summed E-state index contributed by atoms with van der Waals surface area (Å²) >= 11 is 0. The van der Waals surface area contributed by atoms with Crippen molar-refractivity contribution in [1.82, 2.24) is 0 Å². The summed E-state index contributed by atoms with van der Waals surface area (Å²) in [5.74, 6) is 0. The normalized spacial score (nSPS) is 33.5. The van der Waals surface area contributed by atoms with E-state index in [0.29, 0.717) is 6.10 Å². The van der Waals surface area contributed by atoms with E-state index >= 15 is 0 Å². The molecule has 2 atom stereocenters. The molecule has 1 aromatic carbocycles. The summed E-state index contributed by atoms with van der Waals surface area (Å²) in [7, 11) is 0. The summed E-state index contributed by atoms with van der Waals surface area (Å²) in [6.07, 6.45) is 1.54. The molecule has 0 saturated carbocycles. The van der Waals surface area contributed by atoms with Crippen LogP contribution < -0.4 is 0 Å². The quantitative estimate of drug-likeness (QED) is 0.639. The molecule has 1 heterocycles. The molecule has 0 amide bonds. The van der Waals surface area contributed by atoms with E-state index in [-0.39, 0.29) is 5.41 Å². The van der Waals surface area contributed by atoms with Gasteiger partial charge in [0.1, 0.15) is 0 Å². The molecule has 13 heavy (non-hydrogen) atoms. The molecule has 1 saturated heterocycles. The third-order valence-electron chi connectivity index (χ3n) is 2.90. The highest BCUT2D eigenvalue weighted by Crippen LogP contribution is 2.35. The SMILES string of the molecule is C[C@H]1C[C@](C)(c2ccccc2)CO1. The van der Waals surface area contributed by atoms with Crippen molar-refractivity contribution < 1.29 is 4.74 Å². The maximum atomic E-state index is 5.62. The van der Waals surface area contributed by atoms with E-state index < -0.39 is 0 Å². The van der Waals surface area contributed by atoms with Gasteiger partial charge in [-0.1, -0.05) is 37.3 Å². The van der Waals surface area contributed by atoms with Crippen molar-refractivity contribution in [1.29, 1.82) is 0 Å². The molecule has 1 fully saturated rings. The fraction of sp³-hybridized carbons (Fsp3) is 0.500. The first-order chi connectivity index (χ1) is 6.21. The molecule has 0 unspecified atom stereocenters. The van der Waals surface area contributed by atoms with Crippen molar-refractivity contribution in [3.8, 4) is 0 Å². The van der Waals surface area contributed by atoms with E-state index in [1.165, 1.54) is 5.56 Å². The van der Waals surface area contributed by atoms with E-state index in [1.807, 2.05) is 0 Å². The van der Waals surface area contributed by atoms with Crippen LogP contribution in [0.2, 0.25) is 0 Å². The second-order valence-corrected chi connectivity index (χ2v) is 4.25. The van der Waals surface area contributed by atoms with Gasteiger partial charge in [-0.2, -0.15) is 0 Å². The van der Waals surface area contributed by atoms with Gasteiger partial charge in [-0.3, -0.25) is 0 Å². The van der Waals surface area contributed by atoms with Gasteiger partial charge in [-0.15, -0.1) is 0 Å². The number of rotatable bonds is 1. The molecule has 0 radical (unpaired) electrons. The molecule has 1 nitrogen and oxygen atoms in total. The van der Waals surface area contributed by atoms with Crippen LogP contribution in [0.15, 0.2) is 30.3 Å². The molecule has 2 rings (SSSR count). The lowest BCUT2D eigenvalue weighted by Gasteiger charge is -2.22. The summed E-state index contributed by atoms with van der Waals surface area (Å²) in [5, 5.41) is 0. The smallest absolute Gasteiger partial charge is 0.0564 e. The van der Waals surface area contributed by atoms with E-state index in [1.54, 1.807) is 0 Å². The Balaban J connectivity index is 2.26. The Kier molecular flexibility index (Phi) is 2.12. The van der Waals surface area contributed by atoms with Gasteiger partial charge in [0.15, 0.2) is 0 Å². The average molecular weight is 176 g/mol. The molecular formula is C12H16O. The zero-order chi connectivity index (χ0) is 9.31. The van der Waals surface area contributed by atoms with Crippen molar-refractivity contribution in [2.75, 3.05) is 6.61 Å². The number of ether oxygens (including phenoxy) is 1. The molecule has 0 bridgehead atoms. The van der Waals surface area contributed by atoms with Crippen LogP contribution in [0.4, 0.5) is 0 Å². The van der Waals surface area contributed by atoms with Crippen LogP contribution >= 0.6 is 0 Å². The third-order valence-corrected chi connectivity index (χ3v) is 2.90. The maximum Gasteiger partial charge on any atom is 0.0564 e. The Bertz CT molecular complexity index is 280. The average Bonchev–Trinajstić information content (AvgIpc) is 2.49. The lowest BCUT2D eigenvalue weighted by Crippen LogP contribution is -2.21. The topological polar surface area (TPSA) is 9.23 Å². The first-order valence-corrected chi connectivity index (χ1v) is 4.88. The minimum atomic E-state index is 0.237. The number of hydrogen-bond acceptors (Lipinski definition) is 1. The highest BCUT2D eigenvalue weighted by Gasteiger charge is 2.35. The molecule has 1 aliphatic heterocycles. The Morgan fingerprint density at radius 2 is 2.00 bits per heavy atom. The molecule has 70 valence electrons. The van der Waals surface area contributed by atoms with Gasteiger partial charge in [0.25, 0.3) is 0 Å². The Morgan fingerprint density at radius 3 is 2.54 bits per heavy atom. The van der Waals surface area contributed by atoms with Crippen molar-refractivity contribution in [3.05, 3.63) is 35.9 Å². The van der Waals surface area contributed by atoms with Gasteiger partial charge in [0.05, 0.1) is 12.7 Å². The van der Waals surface area contributed by atoms with Gasteiger partial charge < -0.3 is 4.74 Å². The van der Waals surface area contributed by atoms with Crippen LogP contribution in [0, 0.1) is 0 Å². The van der Waals surface area contributed by atoms with Gasteiger partial charge in [-0.05, 0) is 18.9 Å². The molecule has 1 heteroatoms. The fourth-order valence-electron chi connectivity index (χ4n) is 2.12. The van der Waals surface area contributed by atoms with Crippen molar-refractivity contribution in [2.45, 2.75) is 31.8 Å². The second kappa shape index (κ2) is 3.15. The third kappa shape index (κ3) is 1.61. The zero-order valence-corrected chi connectivity index (χ0v) is 8.29. The van der Waals surface area contributed by atoms with Crippen LogP contribution in [-0.4, -0.2) is 12.7 Å². The molecule has 0 aliphatic carbocycles. The van der Waals surface area contributed by atoms with Crippen molar-refractivity contribution >= 4 is 0 Å². The van der Waals surface area contributed by atoms with Crippen LogP contribution in [0.5, 0.6) is 0 Å². The van der Waals surface area contributed by atoms with E-state index in [2.05, 4.69) is 44.2 Å². The van der Waals surface area contributed by atoms with Crippen LogP contribution in [0.1, 0.15) is 25.8 Å². The number of benzene rings is 1. The lowest BCUT2D eigenvalue weighted by atomic mass is 9.81. The zero-order valence-electron chi connectivity index (χ0n) is 8.29. The minimum Gasteiger partial charge on any atom is -0.378 e. The van der Waals surface area contributed by atoms with Gasteiger partial charge in [0, 0.05) is 5.41 Å². The van der Waals surface area contributed by atoms with Crippen LogP contribution in [-0.2, 0) is 10.2 Å². The van der Waals surface area contributed by atoms with E-state index in [0.717, 1.165) is 13.0 Å². The van der Waals surface area contributed by atoms with Crippen LogP contribution in [0.25, 0.3) is 0 Å². The number of hydrogen-bond donors (Lipinski definition) is 0. The Hall–Kier alpha value is -0.820. The van der Waals surface area contributed by atoms with Gasteiger partial charge in [-0.25, -0.2) is 0 Å². The predicted octanol–water partition coefficient (Wildman–Crippen LogP) is 2.75. The summed E-state index contributed by atoms with van der Waals surface area (Å²) in [6.45, 7) is 5.29. The monoisotopic (exact) mass is 176 g/mol. The Morgan fingerprint density at radius 1 is 1.31 bits per heavy atom. The predicted molar refractivity (Wildman–Crippen MR) is 53.8 cm³/mol. The van der Waals surface area contributed by atoms with Crippen LogP contribution in [0.3, 0.4) is 0 Å². The van der Waals surface area contributed by atoms with Crippen molar-refractivity contribution in [3.63, 3.8) is 0 Å². The second-order valence-electron chi connectivity index (χ2n) is 4.25. The summed E-state index contributed by atoms with van der Waals surface area (Å²) in [4.78, 5) is 0. The summed E-state index contributed by atoms with van der Waals surface area (Å²) in [6, 6.07) is 10.7. The van der Waals surface area contributed by atoms with E-state index in [4.69, 9.17) is 4.74 Å². The molecule has 0 aromatic heterocycles. The standard InChI is InChI=1S/C12H16O/c1-10-8-12(2,9-13-10)11-6-4-3-5-7-11/h3-7,10H,8-9H2,1-2H3/t10-,12-/m0/s1. The van der Waals surface area contributed by atoms with Gasteiger partial charge in [0.2, 0.25) is 0 Å². The first-order valence-electron chi connectivity index (χ1n) is 4.88. The summed E-state index contributed by atoms with van der Waals surface area (Å²) < 4.78 is 5.62. The fourth-order valence-corrected chi connectivity index (χ4v) is 2.12. The molecule has 0 spiro atoms. The molecule has 1 aliphatic rings. The van der Waals surface area contributed by atoms with E-state index in [9.17, 15) is 0 Å². The highest BCUT2D eigenvalue weighted by molar-refractivity contribution is 5.25. The molecule has 1 aromatic rings. The highest BCUT2D eigenvalue weighted by atomic mass is 16.5. The first kappa shape index (κ1) is 8.76. The summed E-state index contributed by atoms with van der Waals surface area (Å²) in [5.41, 5.74) is 1.64. The lowest BCUT2D eigenvalue weighted by molar-refractivity contribution is 0.118. The maximum absolute atomic E-state index is 5.62. The Labute approximate surface area is 79.7 Å². The molecular weight excluding hydrogens is 160 g/mol.